The molecule has 2 rings (SSSR count). The van der Waals surface area contributed by atoms with E-state index in [9.17, 15) is 35.9 Å². The quantitative estimate of drug-likeness (QED) is 0.557. The number of hydrogen-bond donors (Lipinski definition) is 2. The number of carbonyl (C=O) groups is 2. The van der Waals surface area contributed by atoms with Gasteiger partial charge in [0.15, 0.2) is 0 Å². The highest BCUT2D eigenvalue weighted by atomic mass is 35.5. The summed E-state index contributed by atoms with van der Waals surface area (Å²) < 4.78 is 76.8. The van der Waals surface area contributed by atoms with Crippen molar-refractivity contribution in [3.05, 3.63) is 64.2 Å². The Morgan fingerprint density at radius 3 is 1.79 bits per heavy atom. The van der Waals surface area contributed by atoms with Crippen molar-refractivity contribution in [2.45, 2.75) is 18.9 Å². The summed E-state index contributed by atoms with van der Waals surface area (Å²) in [6, 6.07) is 6.70. The molecule has 0 aliphatic rings. The van der Waals surface area contributed by atoms with Crippen LogP contribution in [0.3, 0.4) is 0 Å². The predicted molar refractivity (Wildman–Crippen MR) is 88.4 cm³/mol. The normalized spacial score (nSPS) is 11.8. The fourth-order valence-electron chi connectivity index (χ4n) is 2.08. The molecule has 0 radical (unpaired) electrons. The Kier molecular flexibility index (Phi) is 6.23. The van der Waals surface area contributed by atoms with Crippen molar-refractivity contribution in [2.24, 2.45) is 0 Å². The molecule has 2 aromatic carbocycles. The van der Waals surface area contributed by atoms with Crippen molar-refractivity contribution in [1.29, 1.82) is 0 Å². The van der Waals surface area contributed by atoms with Crippen LogP contribution >= 0.6 is 11.6 Å². The van der Waals surface area contributed by atoms with Gasteiger partial charge in [0.2, 0.25) is 0 Å². The van der Waals surface area contributed by atoms with Gasteiger partial charge in [0.05, 0.1) is 11.1 Å². The van der Waals surface area contributed by atoms with Crippen LogP contribution in [-0.2, 0) is 28.5 Å². The molecule has 0 unspecified atom stereocenters. The van der Waals surface area contributed by atoms with Crippen molar-refractivity contribution < 1.29 is 35.9 Å². The molecule has 0 bridgehead atoms. The van der Waals surface area contributed by atoms with E-state index in [4.69, 9.17) is 11.6 Å². The summed E-state index contributed by atoms with van der Waals surface area (Å²) in [5.41, 5.74) is -3.46. The van der Waals surface area contributed by atoms with Crippen LogP contribution in [0, 0.1) is 0 Å². The third kappa shape index (κ3) is 5.88. The van der Waals surface area contributed by atoms with Crippen LogP contribution in [0.1, 0.15) is 16.7 Å². The molecule has 2 aromatic rings. The summed E-state index contributed by atoms with van der Waals surface area (Å²) in [6.07, 6.45) is -10.1. The van der Waals surface area contributed by atoms with Crippen LogP contribution in [0.2, 0.25) is 5.02 Å². The SMILES string of the molecule is O=C(NCc1ccc(Cl)cc1)C(=O)Nc1cc(C(F)(F)F)cc(C(F)(F)F)c1. The summed E-state index contributed by atoms with van der Waals surface area (Å²) in [5.74, 6) is -2.65. The highest BCUT2D eigenvalue weighted by molar-refractivity contribution is 6.39. The van der Waals surface area contributed by atoms with E-state index >= 15 is 0 Å². The van der Waals surface area contributed by atoms with Crippen molar-refractivity contribution >= 4 is 29.1 Å². The maximum atomic E-state index is 12.8. The molecule has 0 heterocycles. The first-order valence-electron chi connectivity index (χ1n) is 7.49. The van der Waals surface area contributed by atoms with Crippen LogP contribution in [-0.4, -0.2) is 11.8 Å². The van der Waals surface area contributed by atoms with Gasteiger partial charge in [-0.1, -0.05) is 23.7 Å². The third-order valence-corrected chi connectivity index (χ3v) is 3.67. The number of rotatable bonds is 3. The molecular weight excluding hydrogens is 414 g/mol. The Morgan fingerprint density at radius 2 is 1.32 bits per heavy atom. The van der Waals surface area contributed by atoms with Gasteiger partial charge in [0.25, 0.3) is 0 Å². The molecule has 0 fully saturated rings. The molecule has 2 amide bonds. The molecule has 28 heavy (non-hydrogen) atoms. The molecule has 0 saturated carbocycles. The lowest BCUT2D eigenvalue weighted by Gasteiger charge is -2.14. The van der Waals surface area contributed by atoms with E-state index in [0.717, 1.165) is 0 Å². The van der Waals surface area contributed by atoms with Gasteiger partial charge in [-0.15, -0.1) is 0 Å². The fraction of sp³-hybridized carbons (Fsp3) is 0.176. The number of anilines is 1. The average Bonchev–Trinajstić information content (AvgIpc) is 2.59. The summed E-state index contributed by atoms with van der Waals surface area (Å²) in [6.45, 7) is -0.0974. The highest BCUT2D eigenvalue weighted by Gasteiger charge is 2.37. The molecule has 0 atom stereocenters. The van der Waals surface area contributed by atoms with Gasteiger partial charge < -0.3 is 10.6 Å². The topological polar surface area (TPSA) is 58.2 Å². The van der Waals surface area contributed by atoms with Gasteiger partial charge in [0.1, 0.15) is 0 Å². The van der Waals surface area contributed by atoms with E-state index in [-0.39, 0.29) is 12.6 Å². The van der Waals surface area contributed by atoms with Crippen molar-refractivity contribution in [1.82, 2.24) is 5.32 Å². The fourth-order valence-corrected chi connectivity index (χ4v) is 2.21. The molecule has 0 saturated heterocycles. The predicted octanol–water partition coefficient (Wildman–Crippen LogP) is 4.63. The molecule has 2 N–H and O–H groups in total. The van der Waals surface area contributed by atoms with Crippen molar-refractivity contribution in [3.8, 4) is 0 Å². The Hall–Kier alpha value is -2.75. The second-order valence-corrected chi connectivity index (χ2v) is 5.99. The Labute approximate surface area is 159 Å². The zero-order valence-electron chi connectivity index (χ0n) is 13.7. The zero-order chi connectivity index (χ0) is 21.1. The molecule has 0 spiro atoms. The lowest BCUT2D eigenvalue weighted by atomic mass is 10.1. The van der Waals surface area contributed by atoms with Crippen LogP contribution in [0.4, 0.5) is 32.0 Å². The van der Waals surface area contributed by atoms with Crippen LogP contribution in [0.15, 0.2) is 42.5 Å². The van der Waals surface area contributed by atoms with Gasteiger partial charge in [-0.3, -0.25) is 9.59 Å². The largest absolute Gasteiger partial charge is 0.416 e. The maximum Gasteiger partial charge on any atom is 0.416 e. The number of halogens is 7. The molecule has 0 aromatic heterocycles. The molecule has 11 heteroatoms. The maximum absolute atomic E-state index is 12.8. The first kappa shape index (κ1) is 21.5. The van der Waals surface area contributed by atoms with E-state index in [2.05, 4.69) is 5.32 Å². The molecule has 0 aliphatic carbocycles. The van der Waals surface area contributed by atoms with E-state index in [1.165, 1.54) is 12.1 Å². The number of nitrogens with one attached hydrogen (secondary N) is 2. The summed E-state index contributed by atoms with van der Waals surface area (Å²) in [4.78, 5) is 23.6. The van der Waals surface area contributed by atoms with Crippen molar-refractivity contribution in [2.75, 3.05) is 5.32 Å². The summed E-state index contributed by atoms with van der Waals surface area (Å²) >= 11 is 5.69. The Morgan fingerprint density at radius 1 is 0.821 bits per heavy atom. The third-order valence-electron chi connectivity index (χ3n) is 3.42. The zero-order valence-corrected chi connectivity index (χ0v) is 14.5. The first-order chi connectivity index (χ1) is 12.9. The van der Waals surface area contributed by atoms with E-state index in [0.29, 0.717) is 22.7 Å². The second-order valence-electron chi connectivity index (χ2n) is 5.56. The number of hydrogen-bond acceptors (Lipinski definition) is 2. The number of amides is 2. The van der Waals surface area contributed by atoms with Gasteiger partial charge in [-0.25, -0.2) is 0 Å². The lowest BCUT2D eigenvalue weighted by molar-refractivity contribution is -0.143. The first-order valence-corrected chi connectivity index (χ1v) is 7.87. The van der Waals surface area contributed by atoms with Crippen molar-refractivity contribution in [3.63, 3.8) is 0 Å². The number of carbonyl (C=O) groups excluding carboxylic acids is 2. The highest BCUT2D eigenvalue weighted by Crippen LogP contribution is 2.37. The minimum absolute atomic E-state index is 0.0870. The Bertz CT molecular complexity index is 846. The molecular formula is C17H11ClF6N2O2. The minimum Gasteiger partial charge on any atom is -0.344 e. The second kappa shape index (κ2) is 8.09. The van der Waals surface area contributed by atoms with E-state index in [1.54, 1.807) is 17.4 Å². The standard InChI is InChI=1S/C17H11ClF6N2O2/c18-12-3-1-9(2-4-12)8-25-14(27)15(28)26-13-6-10(16(19,20)21)5-11(7-13)17(22,23)24/h1-7H,8H2,(H,25,27)(H,26,28). The van der Waals surface area contributed by atoms with E-state index in [1.807, 2.05) is 0 Å². The molecule has 150 valence electrons. The van der Waals surface area contributed by atoms with Gasteiger partial charge in [0, 0.05) is 17.3 Å². The van der Waals surface area contributed by atoms with Gasteiger partial charge in [-0.2, -0.15) is 26.3 Å². The number of alkyl halides is 6. The minimum atomic E-state index is -5.07. The molecule has 4 nitrogen and oxygen atoms in total. The number of benzene rings is 2. The van der Waals surface area contributed by atoms with Gasteiger partial charge in [-0.05, 0) is 35.9 Å². The summed E-state index contributed by atoms with van der Waals surface area (Å²) in [5, 5.41) is 4.37. The molecule has 0 aliphatic heterocycles. The lowest BCUT2D eigenvalue weighted by Crippen LogP contribution is -2.35. The van der Waals surface area contributed by atoms with Crippen LogP contribution < -0.4 is 10.6 Å². The smallest absolute Gasteiger partial charge is 0.344 e. The monoisotopic (exact) mass is 424 g/mol. The Balaban J connectivity index is 2.13. The van der Waals surface area contributed by atoms with Crippen LogP contribution in [0.25, 0.3) is 0 Å². The van der Waals surface area contributed by atoms with E-state index < -0.39 is 41.0 Å². The average molecular weight is 425 g/mol. The van der Waals surface area contributed by atoms with Crippen LogP contribution in [0.5, 0.6) is 0 Å². The summed E-state index contributed by atoms with van der Waals surface area (Å²) in [7, 11) is 0. The van der Waals surface area contributed by atoms with Gasteiger partial charge >= 0.3 is 24.2 Å².